The van der Waals surface area contributed by atoms with Gasteiger partial charge in [-0.15, -0.1) is 23.5 Å². The second-order valence-corrected chi connectivity index (χ2v) is 38.8. The number of aliphatic carboxylic acids is 2. The standard InChI is InChI=1S/C88H140N6O39S2/c1-7-47-33-49(83(117)119-5)35-51(75(47)132-87-73(109)71(107)67(103)43(3)124-87)128-85-65(77(69(105)55(39-95)130-85)126-53(81(113)114)31-45-15-11-9-12-16-45)91-61(99)41-134-57-37-63(101)93(79(57)111)23-19-59(97)89-21-25-121-27-29-123-30-28-122-26-22-90-60(98)20-24-94-64(102)38-58(80(94)112)135-42-62(100)92-66-78(127-54(82(115)116)32-46-17-13-10-14-18-46)70(106)56(40-96)131-86(66)129-52-36-50(84(118)120-6)34-48(8-2)76(52)133-88-74(110)72(108)68(104)44(4)125-88/h43-58,65-78,85-88,95-96,103-110H,7-42H2,1-6H3,(H,89,97)(H,90,98)(H,91,99)(H,92,100)(H,113,114)(H,115,116)/t43?,44?,47?,48?,49?,50?,51-,52-,53+,54+,55+,56+,57?,58?,65?,66?,67-,68-,69+,70+,71+,72+,73?,74?,75-,76-,77?,78?,85-,86-,87+,88+/m1/s1. The van der Waals surface area contributed by atoms with Gasteiger partial charge in [-0.05, 0) is 76.0 Å². The van der Waals surface area contributed by atoms with E-state index in [1.165, 1.54) is 28.1 Å². The molecule has 0 radical (unpaired) electrons. The first-order valence-electron chi connectivity index (χ1n) is 47.2. The summed E-state index contributed by atoms with van der Waals surface area (Å²) in [4.78, 5) is 163. The quantitative estimate of drug-likeness (QED) is 0.0163. The van der Waals surface area contributed by atoms with Crippen molar-refractivity contribution in [2.24, 2.45) is 35.5 Å². The van der Waals surface area contributed by atoms with Gasteiger partial charge in [0.15, 0.2) is 37.4 Å². The van der Waals surface area contributed by atoms with Crippen LogP contribution in [0.15, 0.2) is 0 Å². The smallest absolute Gasteiger partial charge is 0.332 e. The molecule has 0 spiro atoms. The van der Waals surface area contributed by atoms with Crippen LogP contribution in [0.4, 0.5) is 0 Å². The summed E-state index contributed by atoms with van der Waals surface area (Å²) in [5.74, 6) is -13.0. The molecule has 6 aliphatic heterocycles. The number of aliphatic hydroxyl groups excluding tert-OH is 10. The Bertz CT molecular complexity index is 3610. The molecule has 0 aromatic rings. The molecule has 16 N–H and O–H groups in total. The van der Waals surface area contributed by atoms with Gasteiger partial charge >= 0.3 is 23.9 Å². The van der Waals surface area contributed by atoms with Crippen molar-refractivity contribution in [1.29, 1.82) is 0 Å². The first-order valence-corrected chi connectivity index (χ1v) is 49.3. The van der Waals surface area contributed by atoms with E-state index in [0.717, 1.165) is 97.5 Å². The predicted octanol–water partition coefficient (Wildman–Crippen LogP) is -3.07. The van der Waals surface area contributed by atoms with Crippen molar-refractivity contribution >= 4 is 94.7 Å². The van der Waals surface area contributed by atoms with E-state index >= 15 is 0 Å². The molecule has 4 saturated carbocycles. The zero-order valence-electron chi connectivity index (χ0n) is 77.2. The molecular formula is C88H140N6O39S2. The minimum absolute atomic E-state index is 0.0387. The number of hydrogen-bond acceptors (Lipinski definition) is 39. The monoisotopic (exact) mass is 1970 g/mol. The van der Waals surface area contributed by atoms with E-state index in [1.54, 1.807) is 0 Å². The van der Waals surface area contributed by atoms with Crippen molar-refractivity contribution in [2.75, 3.05) is 105 Å². The van der Waals surface area contributed by atoms with Crippen LogP contribution in [0.1, 0.15) is 169 Å². The Morgan fingerprint density at radius 1 is 0.444 bits per heavy atom. The Hall–Kier alpha value is -6.18. The van der Waals surface area contributed by atoms with Gasteiger partial charge in [0, 0.05) is 51.9 Å². The topological polar surface area (TPSA) is 641 Å². The van der Waals surface area contributed by atoms with E-state index in [2.05, 4.69) is 21.3 Å². The van der Waals surface area contributed by atoms with Gasteiger partial charge in [0.25, 0.3) is 0 Å². The Balaban J connectivity index is 0.630. The Morgan fingerprint density at radius 2 is 0.807 bits per heavy atom. The molecule has 6 heterocycles. The van der Waals surface area contributed by atoms with Crippen molar-refractivity contribution in [1.82, 2.24) is 31.1 Å². The molecule has 4 aliphatic carbocycles. The number of esters is 2. The zero-order chi connectivity index (χ0) is 98.0. The third-order valence-electron chi connectivity index (χ3n) is 27.1. The number of carboxylic acid groups (broad SMARTS) is 2. The molecule has 8 amide bonds. The number of imide groups is 2. The van der Waals surface area contributed by atoms with E-state index < -0.39 is 289 Å². The summed E-state index contributed by atoms with van der Waals surface area (Å²) in [6, 6.07) is -3.17. The highest BCUT2D eigenvalue weighted by molar-refractivity contribution is 8.01. The number of carbonyl (C=O) groups is 12. The Labute approximate surface area is 791 Å². The van der Waals surface area contributed by atoms with E-state index in [-0.39, 0.29) is 142 Å². The lowest BCUT2D eigenvalue weighted by Gasteiger charge is -2.49. The summed E-state index contributed by atoms with van der Waals surface area (Å²) in [5, 5.41) is 140. The number of nitrogens with zero attached hydrogens (tertiary/aromatic N) is 2. The number of rotatable bonds is 50. The molecular weight excluding hydrogens is 1830 g/mol. The minimum atomic E-state index is -1.79. The van der Waals surface area contributed by atoms with Crippen LogP contribution in [0.2, 0.25) is 0 Å². The third kappa shape index (κ3) is 30.4. The number of hydrogen-bond donors (Lipinski definition) is 16. The lowest BCUT2D eigenvalue weighted by molar-refractivity contribution is -0.338. The number of carboxylic acids is 2. The van der Waals surface area contributed by atoms with Crippen LogP contribution in [-0.2, 0) is 129 Å². The van der Waals surface area contributed by atoms with Crippen molar-refractivity contribution in [3.8, 4) is 0 Å². The summed E-state index contributed by atoms with van der Waals surface area (Å²) in [6.45, 7) is 5.03. The first kappa shape index (κ1) is 111. The average molecular weight is 1970 g/mol. The van der Waals surface area contributed by atoms with Gasteiger partial charge in [0.05, 0.1) is 138 Å². The fourth-order valence-electron chi connectivity index (χ4n) is 19.5. The highest BCUT2D eigenvalue weighted by Gasteiger charge is 2.57. The zero-order valence-corrected chi connectivity index (χ0v) is 78.8. The molecule has 47 heteroatoms. The molecule has 768 valence electrons. The summed E-state index contributed by atoms with van der Waals surface area (Å²) in [7, 11) is 2.42. The Kier molecular flexibility index (Phi) is 44.5. The maximum atomic E-state index is 14.3. The maximum absolute atomic E-state index is 14.3. The third-order valence-corrected chi connectivity index (χ3v) is 29.5. The number of thioether (sulfide) groups is 2. The van der Waals surface area contributed by atoms with E-state index in [9.17, 15) is 119 Å². The van der Waals surface area contributed by atoms with Crippen LogP contribution in [0, 0.1) is 35.5 Å². The van der Waals surface area contributed by atoms with Crippen molar-refractivity contribution in [3.63, 3.8) is 0 Å². The first-order chi connectivity index (χ1) is 64.6. The number of nitrogens with one attached hydrogen (secondary N) is 4. The highest BCUT2D eigenvalue weighted by atomic mass is 32.2. The molecule has 10 aliphatic rings. The number of likely N-dealkylation sites (tertiary alicyclic amines) is 2. The molecule has 0 aromatic carbocycles. The number of carbonyl (C=O) groups excluding carboxylic acids is 10. The van der Waals surface area contributed by atoms with E-state index in [1.807, 2.05) is 13.8 Å². The summed E-state index contributed by atoms with van der Waals surface area (Å²) >= 11 is 1.59. The number of ether oxygens (including phenoxy) is 15. The van der Waals surface area contributed by atoms with Crippen LogP contribution in [0.5, 0.6) is 0 Å². The summed E-state index contributed by atoms with van der Waals surface area (Å²) < 4.78 is 89.9. The number of amides is 8. The number of aliphatic hydroxyl groups is 10. The predicted molar refractivity (Wildman–Crippen MR) is 466 cm³/mol. The lowest BCUT2D eigenvalue weighted by Crippen LogP contribution is -2.67. The summed E-state index contributed by atoms with van der Waals surface area (Å²) in [5.41, 5.74) is 0. The SMILES string of the molecule is CCC1CC(C(=O)OC)C[C@@H](O[C@@H]2O[C@@H](CO)[C@H](O)C(O[C@@H](CC3CCCCC3)C(=O)O)C2NC(=O)CSC2CC(=O)N(CCC(=O)NCCOCCOCCOCCNC(=O)CCN3C(=O)CC(SCC(=O)NC4C(O[C@@H](CC5CCCCC5)C(=O)O)[C@@H](O)[C@H](CO)O[C@H]4O[C@@H]4CC(C(=O)OC)CC(CC)[C@H]4O[C@@H]4OC(C)[C@@H](O)[C@H](O)C4O)C3=O)C2=O)[C@@H]1O[C@@H]1OC(C)[C@@H](O)[C@H](O)C1O. The number of methoxy groups -OCH3 is 2. The van der Waals surface area contributed by atoms with Crippen LogP contribution in [0.25, 0.3) is 0 Å². The largest absolute Gasteiger partial charge is 0.479 e. The van der Waals surface area contributed by atoms with Crippen LogP contribution >= 0.6 is 23.5 Å². The van der Waals surface area contributed by atoms with Crippen LogP contribution in [-0.4, -0.2) is 417 Å². The maximum Gasteiger partial charge on any atom is 0.332 e. The van der Waals surface area contributed by atoms with Gasteiger partial charge < -0.3 is 154 Å². The summed E-state index contributed by atoms with van der Waals surface area (Å²) in [6.07, 6.45) is -27.9. The van der Waals surface area contributed by atoms with Crippen molar-refractivity contribution in [3.05, 3.63) is 0 Å². The van der Waals surface area contributed by atoms with Crippen LogP contribution in [0.3, 0.4) is 0 Å². The molecule has 45 nitrogen and oxygen atoms in total. The normalized spacial score (nSPS) is 35.5. The fraction of sp³-hybridized carbons (Fsp3) is 0.864. The van der Waals surface area contributed by atoms with Gasteiger partial charge in [-0.2, -0.15) is 0 Å². The molecule has 0 aromatic heterocycles. The van der Waals surface area contributed by atoms with E-state index in [0.29, 0.717) is 12.8 Å². The molecule has 10 rings (SSSR count). The molecule has 32 atom stereocenters. The van der Waals surface area contributed by atoms with Crippen molar-refractivity contribution in [2.45, 2.75) is 339 Å². The van der Waals surface area contributed by atoms with Crippen LogP contribution < -0.4 is 21.3 Å². The molecule has 14 unspecified atom stereocenters. The van der Waals surface area contributed by atoms with Gasteiger partial charge in [-0.1, -0.05) is 90.9 Å². The van der Waals surface area contributed by atoms with Gasteiger partial charge in [0.1, 0.15) is 85.3 Å². The highest BCUT2D eigenvalue weighted by Crippen LogP contribution is 2.44. The molecule has 10 fully saturated rings. The lowest BCUT2D eigenvalue weighted by atomic mass is 9.76. The average Bonchev–Trinajstić information content (AvgIpc) is 1.00. The van der Waals surface area contributed by atoms with Gasteiger partial charge in [0.2, 0.25) is 47.3 Å². The van der Waals surface area contributed by atoms with Gasteiger partial charge in [-0.3, -0.25) is 57.7 Å². The second kappa shape index (κ2) is 54.2. The van der Waals surface area contributed by atoms with E-state index in [4.69, 9.17) is 71.1 Å². The molecule has 0 bridgehead atoms. The van der Waals surface area contributed by atoms with Crippen molar-refractivity contribution < 1.29 is 190 Å². The second-order valence-electron chi connectivity index (χ2n) is 36.4. The molecule has 135 heavy (non-hydrogen) atoms. The molecule has 6 saturated heterocycles. The van der Waals surface area contributed by atoms with Gasteiger partial charge in [-0.25, -0.2) is 9.59 Å². The Morgan fingerprint density at radius 3 is 1.15 bits per heavy atom. The minimum Gasteiger partial charge on any atom is -0.479 e. The fourth-order valence-corrected chi connectivity index (χ4v) is 21.4.